The van der Waals surface area contributed by atoms with Crippen LogP contribution in [-0.2, 0) is 75.6 Å². The molecule has 6 N–H and O–H groups in total. The van der Waals surface area contributed by atoms with Crippen molar-refractivity contribution in [3.63, 3.8) is 0 Å². The van der Waals surface area contributed by atoms with E-state index in [9.17, 15) is 41.1 Å². The van der Waals surface area contributed by atoms with Crippen molar-refractivity contribution < 1.29 is 74.3 Å². The fourth-order valence-corrected chi connectivity index (χ4v) is 12.2. The molecule has 2 saturated heterocycles. The molecule has 2 aliphatic rings. The van der Waals surface area contributed by atoms with E-state index < -0.39 is 68.6 Å². The number of alkyl carbamates (subject to hydrolysis) is 2. The van der Waals surface area contributed by atoms with Gasteiger partial charge in [0.25, 0.3) is 0 Å². The van der Waals surface area contributed by atoms with Gasteiger partial charge in [0.1, 0.15) is 31.5 Å². The average molecular weight is 1210 g/mol. The van der Waals surface area contributed by atoms with Gasteiger partial charge in [0.2, 0.25) is 26.0 Å². The molecule has 2 heterocycles. The molecule has 0 saturated carbocycles. The predicted octanol–water partition coefficient (Wildman–Crippen LogP) is 6.57. The highest BCUT2D eigenvalue weighted by Gasteiger charge is 2.37. The first-order chi connectivity index (χ1) is 40.2. The van der Waals surface area contributed by atoms with E-state index in [-0.39, 0.29) is 86.1 Å². The van der Waals surface area contributed by atoms with Gasteiger partial charge in [-0.2, -0.15) is 8.61 Å². The van der Waals surface area contributed by atoms with Gasteiger partial charge in [-0.3, -0.25) is 4.79 Å². The number of nitrogens with two attached hydrogens (primary N) is 1. The summed E-state index contributed by atoms with van der Waals surface area (Å²) < 4.78 is 95.8. The lowest BCUT2D eigenvalue weighted by molar-refractivity contribution is -0.156. The quantitative estimate of drug-likeness (QED) is 0.0150. The van der Waals surface area contributed by atoms with Gasteiger partial charge in [0.05, 0.1) is 61.0 Å². The van der Waals surface area contributed by atoms with E-state index in [0.717, 1.165) is 17.5 Å². The molecular weight excluding hydrogens is 1120 g/mol. The maximum Gasteiger partial charge on any atom is 0.407 e. The van der Waals surface area contributed by atoms with Crippen LogP contribution < -0.4 is 21.7 Å². The van der Waals surface area contributed by atoms with Crippen LogP contribution in [-0.4, -0.2) is 170 Å². The molecule has 0 aliphatic carbocycles. The van der Waals surface area contributed by atoms with E-state index in [4.69, 9.17) is 38.9 Å². The second-order valence-corrected chi connectivity index (χ2v) is 25.3. The molecule has 464 valence electrons. The Morgan fingerprint density at radius 3 is 1.54 bits per heavy atom. The van der Waals surface area contributed by atoms with E-state index >= 15 is 0 Å². The zero-order chi connectivity index (χ0) is 61.1. The predicted molar refractivity (Wildman–Crippen MR) is 317 cm³/mol. The number of benzene rings is 4. The van der Waals surface area contributed by atoms with Crippen LogP contribution in [0.5, 0.6) is 0 Å². The van der Waals surface area contributed by atoms with Gasteiger partial charge in [-0.25, -0.2) is 31.2 Å². The maximum absolute atomic E-state index is 14.2. The summed E-state index contributed by atoms with van der Waals surface area (Å²) in [4.78, 5) is 51.1. The van der Waals surface area contributed by atoms with Crippen molar-refractivity contribution in [2.75, 3.05) is 90.1 Å². The summed E-state index contributed by atoms with van der Waals surface area (Å²) >= 11 is 0. The number of nitrogens with zero attached hydrogens (tertiary/aromatic N) is 2. The zero-order valence-corrected chi connectivity index (χ0v) is 50.7. The minimum atomic E-state index is -4.15. The first-order valence-electron chi connectivity index (χ1n) is 28.6. The van der Waals surface area contributed by atoms with Crippen molar-refractivity contribution in [1.29, 1.82) is 0 Å². The number of ether oxygens (including phenoxy) is 7. The van der Waals surface area contributed by atoms with Crippen molar-refractivity contribution in [3.05, 3.63) is 120 Å². The lowest BCUT2D eigenvalue weighted by Crippen LogP contribution is -2.53. The molecule has 24 heteroatoms. The highest BCUT2D eigenvalue weighted by Crippen LogP contribution is 2.24. The van der Waals surface area contributed by atoms with E-state index in [2.05, 4.69) is 16.0 Å². The number of hydrogen-bond acceptors (Lipinski definition) is 17. The van der Waals surface area contributed by atoms with Gasteiger partial charge in [0, 0.05) is 57.1 Å². The van der Waals surface area contributed by atoms with Crippen LogP contribution in [0.1, 0.15) is 78.4 Å². The summed E-state index contributed by atoms with van der Waals surface area (Å²) in [7, 11) is -8.06. The highest BCUT2D eigenvalue weighted by molar-refractivity contribution is 7.89. The number of esters is 1. The molecule has 84 heavy (non-hydrogen) atoms. The number of sulfonamides is 2. The first-order valence-corrected chi connectivity index (χ1v) is 31.5. The van der Waals surface area contributed by atoms with Crippen molar-refractivity contribution in [1.82, 2.24) is 19.2 Å². The summed E-state index contributed by atoms with van der Waals surface area (Å²) in [6.45, 7) is 13.2. The lowest BCUT2D eigenvalue weighted by atomic mass is 10.0. The van der Waals surface area contributed by atoms with Gasteiger partial charge >= 0.3 is 18.2 Å². The number of rotatable bonds is 32. The van der Waals surface area contributed by atoms with Crippen LogP contribution in [0.4, 0.5) is 21.0 Å². The molecule has 22 nitrogen and oxygen atoms in total. The fourth-order valence-electron chi connectivity index (χ4n) is 8.98. The Morgan fingerprint density at radius 1 is 0.619 bits per heavy atom. The third-order valence-corrected chi connectivity index (χ3v) is 16.8. The van der Waals surface area contributed by atoms with Crippen molar-refractivity contribution >= 4 is 55.5 Å². The number of anilines is 2. The van der Waals surface area contributed by atoms with Crippen LogP contribution >= 0.6 is 0 Å². The molecule has 4 aromatic rings. The first kappa shape index (κ1) is 68.6. The molecule has 4 aromatic carbocycles. The lowest BCUT2D eigenvalue weighted by Gasteiger charge is -2.33. The summed E-state index contributed by atoms with van der Waals surface area (Å²) in [6.07, 6.45) is -1.31. The number of nitrogens with one attached hydrogen (secondary N) is 3. The Balaban J connectivity index is 0.000000324. The van der Waals surface area contributed by atoms with Crippen LogP contribution in [0.3, 0.4) is 0 Å². The Bertz CT molecular complexity index is 2820. The van der Waals surface area contributed by atoms with Gasteiger partial charge in [-0.15, -0.1) is 0 Å². The van der Waals surface area contributed by atoms with Crippen molar-refractivity contribution in [2.24, 2.45) is 11.8 Å². The van der Waals surface area contributed by atoms with Gasteiger partial charge in [-0.1, -0.05) is 102 Å². The summed E-state index contributed by atoms with van der Waals surface area (Å²) in [5, 5.41) is 19.5. The largest absolute Gasteiger partial charge is 0.457 e. The van der Waals surface area contributed by atoms with Gasteiger partial charge < -0.3 is 59.9 Å². The second-order valence-electron chi connectivity index (χ2n) is 21.4. The average Bonchev–Trinajstić information content (AvgIpc) is 4.06. The number of carbonyl (C=O) groups excluding carboxylic acids is 4. The Labute approximate surface area is 495 Å². The molecule has 0 unspecified atom stereocenters. The van der Waals surface area contributed by atoms with Gasteiger partial charge in [0.15, 0.2) is 0 Å². The minimum Gasteiger partial charge on any atom is -0.457 e. The number of nitrogen functional groups attached to an aromatic ring is 1. The smallest absolute Gasteiger partial charge is 0.407 e. The number of carbonyl (C=O) groups is 4. The molecule has 2 fully saturated rings. The van der Waals surface area contributed by atoms with Crippen LogP contribution in [0, 0.1) is 11.8 Å². The molecule has 6 rings (SSSR count). The molecule has 0 spiro atoms. The van der Waals surface area contributed by atoms with Gasteiger partial charge in [-0.05, 0) is 97.2 Å². The van der Waals surface area contributed by atoms with E-state index in [1.807, 2.05) is 102 Å². The monoisotopic (exact) mass is 1210 g/mol. The molecule has 6 atom stereocenters. The number of amides is 3. The standard InChI is InChI=1S/C35H51N3O10S.C25H35N3O6S/c1-5-17-44-24-33(39)36-28-12-14-30(15-13-28)49(42,43)38(21-26(3)4)22-32(48-34(40)25-45-18-6-2)31(20-27-10-8-7-9-11-27)37-35(41)47-29-16-19-46-23-29;1-18(2)15-28(35(31,32)22-10-8-20(26)9-11-22)16-24(29)23(14-19-6-4-3-5-7-19)27-25(30)34-21-12-13-33-17-21/h7-15,26,29,31-32H,5-6,16-25H2,1-4H3,(H,36,39)(H,37,41);3-11,18,21,23-24,29H,12-17,26H2,1-2H3,(H,27,30)/t29-,31-,32+;21-,23-,24+/m00/s1. The summed E-state index contributed by atoms with van der Waals surface area (Å²) in [6, 6.07) is 28.8. The fraction of sp³-hybridized carbons (Fsp3) is 0.533. The van der Waals surface area contributed by atoms with Crippen LogP contribution in [0.25, 0.3) is 0 Å². The molecule has 0 bridgehead atoms. The van der Waals surface area contributed by atoms with Crippen molar-refractivity contribution in [2.45, 2.75) is 126 Å². The Kier molecular flexibility index (Phi) is 28.8. The number of aliphatic hydroxyl groups is 1. The third-order valence-electron chi connectivity index (χ3n) is 13.1. The van der Waals surface area contributed by atoms with E-state index in [0.29, 0.717) is 70.1 Å². The van der Waals surface area contributed by atoms with Crippen LogP contribution in [0.15, 0.2) is 119 Å². The molecule has 2 aliphatic heterocycles. The molecular formula is C60H86N6O16S2. The third kappa shape index (κ3) is 23.7. The second kappa shape index (κ2) is 35.3. The minimum absolute atomic E-state index is 0.0126. The normalized spacial score (nSPS) is 16.8. The Hall–Kier alpha value is -6.22. The molecule has 0 radical (unpaired) electrons. The molecule has 0 aromatic heterocycles. The number of hydrogen-bond donors (Lipinski definition) is 5. The topological polar surface area (TPSA) is 290 Å². The summed E-state index contributed by atoms with van der Waals surface area (Å²) in [5.74, 6) is -1.14. The number of aliphatic hydroxyl groups excluding tert-OH is 1. The Morgan fingerprint density at radius 2 is 1.07 bits per heavy atom. The maximum atomic E-state index is 14.2. The SMILES string of the molecule is CC(C)CN(C[C@@H](O)[C@H](Cc1ccccc1)NC(=O)O[C@H]1CCOC1)S(=O)(=O)c1ccc(N)cc1.CCCOCC(=O)Nc1ccc(S(=O)(=O)N(CC(C)C)C[C@@H](OC(=O)COCCC)[C@H](Cc2ccccc2)NC(=O)O[C@H]2CCOC2)cc1. The van der Waals surface area contributed by atoms with Crippen molar-refractivity contribution in [3.8, 4) is 0 Å². The summed E-state index contributed by atoms with van der Waals surface area (Å²) in [5.41, 5.74) is 8.30. The van der Waals surface area contributed by atoms with E-state index in [1.165, 1.54) is 57.1 Å². The molecule has 3 amide bonds. The van der Waals surface area contributed by atoms with Crippen LogP contribution in [0.2, 0.25) is 0 Å². The highest BCUT2D eigenvalue weighted by atomic mass is 32.2. The van der Waals surface area contributed by atoms with E-state index in [1.54, 1.807) is 0 Å². The zero-order valence-electron chi connectivity index (χ0n) is 49.1.